The first-order chi connectivity index (χ1) is 18.1. The summed E-state index contributed by atoms with van der Waals surface area (Å²) in [5.74, 6) is -0.336. The van der Waals surface area contributed by atoms with Gasteiger partial charge in [0.1, 0.15) is 16.1 Å². The Morgan fingerprint density at radius 3 is 2.61 bits per heavy atom. The summed E-state index contributed by atoms with van der Waals surface area (Å²) in [5.41, 5.74) is 0.782. The number of benzene rings is 1. The summed E-state index contributed by atoms with van der Waals surface area (Å²) in [4.78, 5) is 47.2. The van der Waals surface area contributed by atoms with Gasteiger partial charge in [-0.3, -0.25) is 14.2 Å². The molecule has 5 rings (SSSR count). The van der Waals surface area contributed by atoms with E-state index >= 15 is 0 Å². The smallest absolute Gasteiger partial charge is 0.410 e. The Morgan fingerprint density at radius 1 is 1.13 bits per heavy atom. The lowest BCUT2D eigenvalue weighted by Gasteiger charge is -2.24. The van der Waals surface area contributed by atoms with E-state index in [2.05, 4.69) is 10.3 Å². The Morgan fingerprint density at radius 2 is 1.87 bits per heavy atom. The maximum absolute atomic E-state index is 13.3. The Bertz CT molecular complexity index is 1400. The van der Waals surface area contributed by atoms with E-state index < -0.39 is 5.60 Å². The third-order valence-corrected chi connectivity index (χ3v) is 8.04. The number of carbonyl (C=O) groups is 2. The largest absolute Gasteiger partial charge is 0.444 e. The van der Waals surface area contributed by atoms with Crippen molar-refractivity contribution in [2.75, 3.05) is 32.7 Å². The normalized spacial score (nSPS) is 19.9. The first-order valence-electron chi connectivity index (χ1n) is 12.8. The molecule has 2 amide bonds. The molecule has 4 heterocycles. The number of nitrogens with one attached hydrogen (secondary N) is 1. The molecule has 0 saturated carbocycles. The first-order valence-corrected chi connectivity index (χ1v) is 13.6. The maximum atomic E-state index is 13.3. The van der Waals surface area contributed by atoms with Crippen LogP contribution in [-0.4, -0.2) is 75.7 Å². The van der Waals surface area contributed by atoms with Crippen LogP contribution in [0.5, 0.6) is 0 Å². The van der Waals surface area contributed by atoms with Gasteiger partial charge in [0.05, 0.1) is 24.4 Å². The predicted molar refractivity (Wildman–Crippen MR) is 144 cm³/mol. The number of thiophene rings is 1. The Kier molecular flexibility index (Phi) is 7.23. The SMILES string of the molecule is CC(C)(C)OC(=O)N1CC[C@@H](NCC(=O)N2CC[C@H](n3cnc4cc(-c5ccc(F)cc5)sc4c3=O)C2)C1. The first kappa shape index (κ1) is 26.3. The Hall–Kier alpha value is -3.31. The van der Waals surface area contributed by atoms with E-state index in [0.717, 1.165) is 16.9 Å². The van der Waals surface area contributed by atoms with Crippen molar-refractivity contribution in [1.82, 2.24) is 24.7 Å². The van der Waals surface area contributed by atoms with Crippen molar-refractivity contribution in [1.29, 1.82) is 0 Å². The topological polar surface area (TPSA) is 96.8 Å². The number of halogens is 1. The average molecular weight is 542 g/mol. The lowest BCUT2D eigenvalue weighted by molar-refractivity contribution is -0.129. The monoisotopic (exact) mass is 541 g/mol. The molecular weight excluding hydrogens is 509 g/mol. The molecule has 0 bridgehead atoms. The van der Waals surface area contributed by atoms with Gasteiger partial charge in [-0.05, 0) is 57.4 Å². The van der Waals surface area contributed by atoms with Crippen molar-refractivity contribution in [2.24, 2.45) is 0 Å². The summed E-state index contributed by atoms with van der Waals surface area (Å²) >= 11 is 1.34. The zero-order chi connectivity index (χ0) is 27.0. The zero-order valence-corrected chi connectivity index (χ0v) is 22.6. The fourth-order valence-electron chi connectivity index (χ4n) is 4.90. The summed E-state index contributed by atoms with van der Waals surface area (Å²) in [6, 6.07) is 7.91. The molecule has 0 unspecified atom stereocenters. The van der Waals surface area contributed by atoms with Gasteiger partial charge in [0.15, 0.2) is 0 Å². The second-order valence-corrected chi connectivity index (χ2v) is 11.9. The number of fused-ring (bicyclic) bond motifs is 1. The number of nitrogens with zero attached hydrogens (tertiary/aromatic N) is 4. The van der Waals surface area contributed by atoms with Crippen LogP contribution in [0.1, 0.15) is 39.7 Å². The molecule has 0 aliphatic carbocycles. The Balaban J connectivity index is 1.17. The molecule has 9 nitrogen and oxygen atoms in total. The molecule has 3 aromatic rings. The van der Waals surface area contributed by atoms with Gasteiger partial charge in [-0.25, -0.2) is 14.2 Å². The number of rotatable bonds is 5. The molecule has 0 radical (unpaired) electrons. The molecule has 2 aliphatic rings. The molecule has 2 atom stereocenters. The van der Waals surface area contributed by atoms with Gasteiger partial charge in [-0.15, -0.1) is 11.3 Å². The van der Waals surface area contributed by atoms with E-state index in [0.29, 0.717) is 42.8 Å². The summed E-state index contributed by atoms with van der Waals surface area (Å²) in [7, 11) is 0. The van der Waals surface area contributed by atoms with E-state index in [1.807, 2.05) is 26.8 Å². The molecule has 0 spiro atoms. The average Bonchev–Trinajstić information content (AvgIpc) is 3.62. The van der Waals surface area contributed by atoms with Crippen LogP contribution in [0.15, 0.2) is 41.5 Å². The van der Waals surface area contributed by atoms with Crippen LogP contribution in [0.4, 0.5) is 9.18 Å². The minimum Gasteiger partial charge on any atom is -0.444 e. The summed E-state index contributed by atoms with van der Waals surface area (Å²) in [6.07, 6.45) is 2.66. The van der Waals surface area contributed by atoms with Gasteiger partial charge in [0, 0.05) is 37.1 Å². The van der Waals surface area contributed by atoms with Crippen LogP contribution < -0.4 is 10.9 Å². The van der Waals surface area contributed by atoms with Gasteiger partial charge >= 0.3 is 6.09 Å². The molecule has 38 heavy (non-hydrogen) atoms. The lowest BCUT2D eigenvalue weighted by Crippen LogP contribution is -2.43. The van der Waals surface area contributed by atoms with Gasteiger partial charge in [-0.1, -0.05) is 12.1 Å². The molecular formula is C27H32FN5O4S. The third-order valence-electron chi connectivity index (χ3n) is 6.88. The quantitative estimate of drug-likeness (QED) is 0.530. The second kappa shape index (κ2) is 10.5. The number of likely N-dealkylation sites (tertiary alicyclic amines) is 2. The van der Waals surface area contributed by atoms with Gasteiger partial charge in [0.25, 0.3) is 5.56 Å². The van der Waals surface area contributed by atoms with Crippen molar-refractivity contribution in [3.63, 3.8) is 0 Å². The molecule has 1 N–H and O–H groups in total. The van der Waals surface area contributed by atoms with Crippen LogP contribution in [-0.2, 0) is 9.53 Å². The minimum absolute atomic E-state index is 0.0278. The number of hydrogen-bond donors (Lipinski definition) is 1. The zero-order valence-electron chi connectivity index (χ0n) is 21.8. The van der Waals surface area contributed by atoms with E-state index in [9.17, 15) is 18.8 Å². The van der Waals surface area contributed by atoms with Crippen LogP contribution >= 0.6 is 11.3 Å². The highest BCUT2D eigenvalue weighted by Crippen LogP contribution is 2.31. The molecule has 2 aliphatic heterocycles. The highest BCUT2D eigenvalue weighted by Gasteiger charge is 2.32. The second-order valence-electron chi connectivity index (χ2n) is 10.9. The number of amides is 2. The van der Waals surface area contributed by atoms with E-state index in [1.165, 1.54) is 23.5 Å². The minimum atomic E-state index is -0.540. The highest BCUT2D eigenvalue weighted by atomic mass is 32.1. The van der Waals surface area contributed by atoms with Gasteiger partial charge in [0.2, 0.25) is 5.91 Å². The van der Waals surface area contributed by atoms with Gasteiger partial charge < -0.3 is 19.9 Å². The van der Waals surface area contributed by atoms with Gasteiger partial charge in [-0.2, -0.15) is 0 Å². The van der Waals surface area contributed by atoms with Crippen molar-refractivity contribution in [3.05, 3.63) is 52.8 Å². The third kappa shape index (κ3) is 5.73. The summed E-state index contributed by atoms with van der Waals surface area (Å²) < 4.78 is 20.9. The number of hydrogen-bond acceptors (Lipinski definition) is 7. The molecule has 2 fully saturated rings. The molecule has 202 valence electrons. The summed E-state index contributed by atoms with van der Waals surface area (Å²) in [5, 5.41) is 3.27. The van der Waals surface area contributed by atoms with Crippen molar-refractivity contribution >= 4 is 33.6 Å². The van der Waals surface area contributed by atoms with Crippen LogP contribution in [0, 0.1) is 5.82 Å². The Labute approximate surface area is 224 Å². The van der Waals surface area contributed by atoms with Crippen LogP contribution in [0.3, 0.4) is 0 Å². The molecule has 2 saturated heterocycles. The fraction of sp³-hybridized carbons (Fsp3) is 0.481. The van der Waals surface area contributed by atoms with E-state index in [-0.39, 0.29) is 42.0 Å². The maximum Gasteiger partial charge on any atom is 0.410 e. The standard InChI is InChI=1S/C27H32FN5O4S/c1-27(2,3)37-26(36)32-10-8-19(14-32)29-13-23(34)31-11-9-20(15-31)33-16-30-21-12-22(38-24(21)25(33)35)17-4-6-18(28)7-5-17/h4-7,12,16,19-20,29H,8-11,13-15H2,1-3H3/t19-,20+/m1/s1. The van der Waals surface area contributed by atoms with Crippen LogP contribution in [0.25, 0.3) is 20.7 Å². The van der Waals surface area contributed by atoms with E-state index in [4.69, 9.17) is 4.74 Å². The predicted octanol–water partition coefficient (Wildman–Crippen LogP) is 3.64. The van der Waals surface area contributed by atoms with Crippen molar-refractivity contribution in [3.8, 4) is 10.4 Å². The molecule has 11 heteroatoms. The molecule has 1 aromatic carbocycles. The fourth-order valence-corrected chi connectivity index (χ4v) is 5.95. The number of ether oxygens (including phenoxy) is 1. The molecule has 2 aromatic heterocycles. The number of aromatic nitrogens is 2. The number of carbonyl (C=O) groups excluding carboxylic acids is 2. The lowest BCUT2D eigenvalue weighted by atomic mass is 10.2. The van der Waals surface area contributed by atoms with Crippen LogP contribution in [0.2, 0.25) is 0 Å². The van der Waals surface area contributed by atoms with E-state index in [1.54, 1.807) is 32.8 Å². The van der Waals surface area contributed by atoms with Crippen molar-refractivity contribution < 1.29 is 18.7 Å². The highest BCUT2D eigenvalue weighted by molar-refractivity contribution is 7.22. The van der Waals surface area contributed by atoms with Crippen molar-refractivity contribution in [2.45, 2.75) is 51.3 Å². The summed E-state index contributed by atoms with van der Waals surface area (Å²) in [6.45, 7) is 7.81.